The molecule has 2 rings (SSSR count). The molecule has 0 bridgehead atoms. The molecule has 0 aliphatic heterocycles. The summed E-state index contributed by atoms with van der Waals surface area (Å²) in [6.45, 7) is 1.59. The van der Waals surface area contributed by atoms with Gasteiger partial charge in [-0.25, -0.2) is 0 Å². The Balaban J connectivity index is 1.84. The van der Waals surface area contributed by atoms with Gasteiger partial charge in [0.2, 0.25) is 5.91 Å². The maximum Gasteiger partial charge on any atom is 0.223 e. The van der Waals surface area contributed by atoms with Crippen molar-refractivity contribution in [3.05, 3.63) is 12.2 Å². The van der Waals surface area contributed by atoms with Crippen LogP contribution in [0.15, 0.2) is 12.2 Å². The number of rotatable bonds is 3. The summed E-state index contributed by atoms with van der Waals surface area (Å²) >= 11 is 0. The second-order valence-electron chi connectivity index (χ2n) is 5.64. The fourth-order valence-corrected chi connectivity index (χ4v) is 2.83. The Morgan fingerprint density at radius 1 is 1.26 bits per heavy atom. The first-order valence-corrected chi connectivity index (χ1v) is 7.05. The zero-order valence-corrected chi connectivity index (χ0v) is 11.4. The van der Waals surface area contributed by atoms with Gasteiger partial charge in [0.25, 0.3) is 0 Å². The molecule has 4 nitrogen and oxygen atoms in total. The van der Waals surface area contributed by atoms with Gasteiger partial charge in [-0.1, -0.05) is 12.2 Å². The molecule has 0 aromatic heterocycles. The summed E-state index contributed by atoms with van der Waals surface area (Å²) < 4.78 is 0. The smallest absolute Gasteiger partial charge is 0.223 e. The van der Waals surface area contributed by atoms with E-state index in [4.69, 9.17) is 0 Å². The van der Waals surface area contributed by atoms with Crippen LogP contribution in [0.2, 0.25) is 0 Å². The third-order valence-corrected chi connectivity index (χ3v) is 4.11. The average Bonchev–Trinajstić information content (AvgIpc) is 2.39. The minimum atomic E-state index is -0.0630. The van der Waals surface area contributed by atoms with Gasteiger partial charge in [0.15, 0.2) is 0 Å². The van der Waals surface area contributed by atoms with E-state index < -0.39 is 0 Å². The second-order valence-corrected chi connectivity index (χ2v) is 5.64. The monoisotopic (exact) mass is 263 g/mol. The van der Waals surface area contributed by atoms with Crippen molar-refractivity contribution >= 4 is 17.5 Å². The fraction of sp³-hybridized carbons (Fsp3) is 0.667. The third kappa shape index (κ3) is 3.75. The van der Waals surface area contributed by atoms with Crippen molar-refractivity contribution in [3.63, 3.8) is 0 Å². The molecule has 1 saturated carbocycles. The highest BCUT2D eigenvalue weighted by atomic mass is 16.2. The van der Waals surface area contributed by atoms with Crippen LogP contribution in [0.25, 0.3) is 0 Å². The van der Waals surface area contributed by atoms with Crippen molar-refractivity contribution in [1.29, 1.82) is 0 Å². The first-order valence-electron chi connectivity index (χ1n) is 7.05. The predicted octanol–water partition coefficient (Wildman–Crippen LogP) is 1.79. The van der Waals surface area contributed by atoms with Crippen LogP contribution in [-0.2, 0) is 14.4 Å². The molecule has 0 saturated heterocycles. The Kier molecular flexibility index (Phi) is 4.51. The molecule has 1 fully saturated rings. The van der Waals surface area contributed by atoms with Crippen molar-refractivity contribution < 1.29 is 14.4 Å². The number of Topliss-reactive ketones (excluding diaryl/α,β-unsaturated/α-hetero) is 2. The summed E-state index contributed by atoms with van der Waals surface area (Å²) in [5, 5.41) is 3.03. The maximum absolute atomic E-state index is 12.1. The van der Waals surface area contributed by atoms with Crippen LogP contribution < -0.4 is 5.32 Å². The first-order chi connectivity index (χ1) is 9.06. The summed E-state index contributed by atoms with van der Waals surface area (Å²) in [4.78, 5) is 34.6. The molecule has 1 amide bonds. The van der Waals surface area contributed by atoms with E-state index in [-0.39, 0.29) is 35.4 Å². The zero-order chi connectivity index (χ0) is 13.8. The normalized spacial score (nSPS) is 28.2. The maximum atomic E-state index is 12.1. The van der Waals surface area contributed by atoms with E-state index in [0.29, 0.717) is 32.1 Å². The van der Waals surface area contributed by atoms with Crippen LogP contribution in [0.4, 0.5) is 0 Å². The molecule has 2 atom stereocenters. The fourth-order valence-electron chi connectivity index (χ4n) is 2.83. The van der Waals surface area contributed by atoms with Crippen LogP contribution in [0.5, 0.6) is 0 Å². The second kappa shape index (κ2) is 6.13. The molecule has 0 heterocycles. The minimum Gasteiger partial charge on any atom is -0.353 e. The number of carbonyl (C=O) groups excluding carboxylic acids is 3. The van der Waals surface area contributed by atoms with Gasteiger partial charge in [0, 0.05) is 30.7 Å². The van der Waals surface area contributed by atoms with E-state index in [1.165, 1.54) is 0 Å². The molecule has 4 heteroatoms. The number of allylic oxidation sites excluding steroid dienone is 1. The molecule has 0 spiro atoms. The highest BCUT2D eigenvalue weighted by Gasteiger charge is 2.28. The summed E-state index contributed by atoms with van der Waals surface area (Å²) in [6.07, 6.45) is 7.80. The lowest BCUT2D eigenvalue weighted by Crippen LogP contribution is -2.42. The summed E-state index contributed by atoms with van der Waals surface area (Å²) in [5.74, 6) is 0.376. The highest BCUT2D eigenvalue weighted by Crippen LogP contribution is 2.23. The summed E-state index contributed by atoms with van der Waals surface area (Å²) in [7, 11) is 0. The van der Waals surface area contributed by atoms with Crippen LogP contribution in [0.3, 0.4) is 0 Å². The van der Waals surface area contributed by atoms with E-state index in [9.17, 15) is 14.4 Å². The van der Waals surface area contributed by atoms with E-state index in [2.05, 4.69) is 5.32 Å². The third-order valence-electron chi connectivity index (χ3n) is 4.11. The van der Waals surface area contributed by atoms with Crippen LogP contribution >= 0.6 is 0 Å². The number of amides is 1. The molecule has 1 N–H and O–H groups in total. The molecule has 2 aliphatic rings. The quantitative estimate of drug-likeness (QED) is 0.789. The molecular formula is C15H21NO3. The standard InChI is InChI=1S/C15H21NO3/c1-10(17)12-3-2-4-13(9-12)16-15(19)11-5-7-14(18)8-6-11/h2-3,11-13H,4-9H2,1H3,(H,16,19). The minimum absolute atomic E-state index is 0.0283. The Morgan fingerprint density at radius 3 is 2.58 bits per heavy atom. The number of carbonyl (C=O) groups is 3. The topological polar surface area (TPSA) is 63.2 Å². The molecule has 0 aromatic rings. The number of ketones is 2. The van der Waals surface area contributed by atoms with Crippen LogP contribution in [0.1, 0.15) is 45.4 Å². The SMILES string of the molecule is CC(=O)C1C=CCC(NC(=O)C2CCC(=O)CC2)C1. The van der Waals surface area contributed by atoms with Crippen molar-refractivity contribution in [2.75, 3.05) is 0 Å². The van der Waals surface area contributed by atoms with E-state index in [1.807, 2.05) is 12.2 Å². The van der Waals surface area contributed by atoms with Gasteiger partial charge in [-0.05, 0) is 32.6 Å². The highest BCUT2D eigenvalue weighted by molar-refractivity contribution is 5.85. The van der Waals surface area contributed by atoms with Gasteiger partial charge in [0.05, 0.1) is 0 Å². The lowest BCUT2D eigenvalue weighted by atomic mass is 9.86. The Hall–Kier alpha value is -1.45. The molecule has 19 heavy (non-hydrogen) atoms. The Bertz CT molecular complexity index is 404. The molecule has 104 valence electrons. The number of hydrogen-bond acceptors (Lipinski definition) is 3. The Morgan fingerprint density at radius 2 is 1.95 bits per heavy atom. The average molecular weight is 263 g/mol. The van der Waals surface area contributed by atoms with Gasteiger partial charge in [-0.2, -0.15) is 0 Å². The summed E-state index contributed by atoms with van der Waals surface area (Å²) in [5.41, 5.74) is 0. The van der Waals surface area contributed by atoms with Crippen molar-refractivity contribution in [2.45, 2.75) is 51.5 Å². The van der Waals surface area contributed by atoms with Crippen LogP contribution in [0, 0.1) is 11.8 Å². The Labute approximate surface area is 113 Å². The molecule has 2 aliphatic carbocycles. The molecule has 0 radical (unpaired) electrons. The lowest BCUT2D eigenvalue weighted by molar-refractivity contribution is -0.129. The van der Waals surface area contributed by atoms with Gasteiger partial charge in [-0.3, -0.25) is 14.4 Å². The molecule has 2 unspecified atom stereocenters. The van der Waals surface area contributed by atoms with E-state index >= 15 is 0 Å². The van der Waals surface area contributed by atoms with Crippen LogP contribution in [-0.4, -0.2) is 23.5 Å². The van der Waals surface area contributed by atoms with Crippen molar-refractivity contribution in [1.82, 2.24) is 5.32 Å². The van der Waals surface area contributed by atoms with Gasteiger partial charge in [-0.15, -0.1) is 0 Å². The van der Waals surface area contributed by atoms with Gasteiger partial charge >= 0.3 is 0 Å². The first kappa shape index (κ1) is 14.0. The molecular weight excluding hydrogens is 242 g/mol. The zero-order valence-electron chi connectivity index (χ0n) is 11.4. The number of nitrogens with one attached hydrogen (secondary N) is 1. The summed E-state index contributed by atoms with van der Waals surface area (Å²) in [6, 6.07) is 0.0593. The van der Waals surface area contributed by atoms with Gasteiger partial charge in [0.1, 0.15) is 11.6 Å². The van der Waals surface area contributed by atoms with E-state index in [0.717, 1.165) is 6.42 Å². The lowest BCUT2D eigenvalue weighted by Gasteiger charge is -2.27. The van der Waals surface area contributed by atoms with Crippen molar-refractivity contribution in [2.24, 2.45) is 11.8 Å². The number of hydrogen-bond donors (Lipinski definition) is 1. The van der Waals surface area contributed by atoms with Crippen molar-refractivity contribution in [3.8, 4) is 0 Å². The van der Waals surface area contributed by atoms with Gasteiger partial charge < -0.3 is 5.32 Å². The molecule has 0 aromatic carbocycles. The largest absolute Gasteiger partial charge is 0.353 e. The predicted molar refractivity (Wildman–Crippen MR) is 71.4 cm³/mol. The van der Waals surface area contributed by atoms with E-state index in [1.54, 1.807) is 6.92 Å².